The number of alkyl halides is 2. The Morgan fingerprint density at radius 3 is 1.25 bits per heavy atom. The van der Waals surface area contributed by atoms with Crippen LogP contribution in [0, 0.1) is 45.1 Å². The van der Waals surface area contributed by atoms with Crippen molar-refractivity contribution in [3.63, 3.8) is 0 Å². The molecule has 0 radical (unpaired) electrons. The lowest BCUT2D eigenvalue weighted by Crippen LogP contribution is -2.29. The molecule has 8 rings (SSSR count). The summed E-state index contributed by atoms with van der Waals surface area (Å²) in [4.78, 5) is 0. The van der Waals surface area contributed by atoms with Crippen molar-refractivity contribution < 1.29 is 13.5 Å². The first-order valence-corrected chi connectivity index (χ1v) is 20.3. The Balaban J connectivity index is 1.06. The number of ether oxygens (including phenoxy) is 1. The fourth-order valence-corrected chi connectivity index (χ4v) is 10.8. The molecule has 0 unspecified atom stereocenters. The lowest BCUT2D eigenvalue weighted by Gasteiger charge is -2.38. The lowest BCUT2D eigenvalue weighted by molar-refractivity contribution is 0.107. The van der Waals surface area contributed by atoms with Crippen LogP contribution in [0.3, 0.4) is 0 Å². The van der Waals surface area contributed by atoms with Crippen LogP contribution in [0.5, 0.6) is 0 Å². The summed E-state index contributed by atoms with van der Waals surface area (Å²) in [6.45, 7) is 14.8. The Bertz CT molecular complexity index is 2030. The van der Waals surface area contributed by atoms with E-state index in [4.69, 9.17) is 27.9 Å². The van der Waals surface area contributed by atoms with E-state index in [-0.39, 0.29) is 33.3 Å². The average molecular weight is 752 g/mol. The van der Waals surface area contributed by atoms with Gasteiger partial charge in [-0.3, -0.25) is 0 Å². The topological polar surface area (TPSA) is 9.23 Å². The number of allylic oxidation sites excluding steroid dienone is 4. The summed E-state index contributed by atoms with van der Waals surface area (Å²) in [5, 5.41) is 0. The van der Waals surface area contributed by atoms with E-state index in [1.165, 1.54) is 24.0 Å². The van der Waals surface area contributed by atoms with E-state index in [0.717, 1.165) is 57.3 Å². The van der Waals surface area contributed by atoms with E-state index in [0.29, 0.717) is 47.9 Å². The Labute approximate surface area is 324 Å². The summed E-state index contributed by atoms with van der Waals surface area (Å²) >= 11 is 12.7. The number of halogens is 4. The second kappa shape index (κ2) is 13.2. The molecule has 5 heteroatoms. The molecule has 4 aromatic rings. The van der Waals surface area contributed by atoms with Crippen LogP contribution in [-0.4, -0.2) is 0 Å². The van der Waals surface area contributed by atoms with Gasteiger partial charge >= 0.3 is 0 Å². The van der Waals surface area contributed by atoms with Gasteiger partial charge in [-0.05, 0) is 151 Å². The van der Waals surface area contributed by atoms with E-state index in [1.807, 2.05) is 36.4 Å². The van der Waals surface area contributed by atoms with Gasteiger partial charge in [0.05, 0.1) is 13.2 Å². The standard InChI is InChI=1S/C48H50Cl2F2O/c1-45(2)33-15-17-47(45,5)41(23-33)37-19-29(25-49)7-11-35(37)39-21-31(9-13-43(39)51)27-53-28-32-10-14-44(52)40(22-32)36-12-8-30(26-50)20-38(36)42-24-34-16-18-48(42,6)46(34,3)4/h7-14,19-24,33-34H,15-18,25-28H2,1-6H3/t33-,34-,47+,48+/m1/s1. The minimum Gasteiger partial charge on any atom is -0.372 e. The van der Waals surface area contributed by atoms with Gasteiger partial charge in [-0.2, -0.15) is 0 Å². The number of rotatable bonds is 10. The van der Waals surface area contributed by atoms with Crippen molar-refractivity contribution in [2.75, 3.05) is 0 Å². The van der Waals surface area contributed by atoms with Gasteiger partial charge in [-0.15, -0.1) is 23.2 Å². The molecular formula is C48H50Cl2F2O. The Hall–Kier alpha value is -3.24. The quantitative estimate of drug-likeness (QED) is 0.147. The van der Waals surface area contributed by atoms with E-state index < -0.39 is 0 Å². The number of hydrogen-bond donors (Lipinski definition) is 0. The lowest BCUT2D eigenvalue weighted by atomic mass is 9.65. The van der Waals surface area contributed by atoms with Gasteiger partial charge < -0.3 is 4.74 Å². The highest BCUT2D eigenvalue weighted by Gasteiger charge is 2.58. The zero-order chi connectivity index (χ0) is 37.5. The fraction of sp³-hybridized carbons (Fsp3) is 0.417. The van der Waals surface area contributed by atoms with Crippen molar-refractivity contribution >= 4 is 34.3 Å². The Morgan fingerprint density at radius 1 is 0.528 bits per heavy atom. The summed E-state index contributed by atoms with van der Waals surface area (Å²) < 4.78 is 37.8. The van der Waals surface area contributed by atoms with E-state index >= 15 is 8.78 Å². The van der Waals surface area contributed by atoms with Gasteiger partial charge in [0.1, 0.15) is 11.6 Å². The van der Waals surface area contributed by atoms with Crippen LogP contribution in [0.25, 0.3) is 33.4 Å². The predicted molar refractivity (Wildman–Crippen MR) is 216 cm³/mol. The summed E-state index contributed by atoms with van der Waals surface area (Å²) in [5.74, 6) is 1.30. The first-order chi connectivity index (χ1) is 25.2. The average Bonchev–Trinajstić information content (AvgIpc) is 3.68. The zero-order valence-electron chi connectivity index (χ0n) is 31.8. The van der Waals surface area contributed by atoms with Crippen LogP contribution < -0.4 is 0 Å². The first kappa shape index (κ1) is 36.7. The molecule has 4 atom stereocenters. The van der Waals surface area contributed by atoms with Crippen LogP contribution >= 0.6 is 23.2 Å². The molecule has 4 bridgehead atoms. The molecule has 0 saturated heterocycles. The predicted octanol–water partition coefficient (Wildman–Crippen LogP) is 14.2. The zero-order valence-corrected chi connectivity index (χ0v) is 33.3. The van der Waals surface area contributed by atoms with Gasteiger partial charge in [0.25, 0.3) is 0 Å². The van der Waals surface area contributed by atoms with Crippen molar-refractivity contribution in [2.45, 2.75) is 92.2 Å². The molecule has 0 N–H and O–H groups in total. The van der Waals surface area contributed by atoms with Crippen molar-refractivity contribution in [1.29, 1.82) is 0 Å². The smallest absolute Gasteiger partial charge is 0.131 e. The van der Waals surface area contributed by atoms with Crippen molar-refractivity contribution in [2.24, 2.45) is 33.5 Å². The third-order valence-electron chi connectivity index (χ3n) is 14.8. The van der Waals surface area contributed by atoms with Gasteiger partial charge in [0.2, 0.25) is 0 Å². The molecule has 1 nitrogen and oxygen atoms in total. The number of fused-ring (bicyclic) bond motifs is 4. The van der Waals surface area contributed by atoms with E-state index in [2.05, 4.69) is 65.8 Å². The number of benzene rings is 4. The molecule has 2 saturated carbocycles. The van der Waals surface area contributed by atoms with Crippen molar-refractivity contribution in [3.8, 4) is 22.3 Å². The van der Waals surface area contributed by atoms with Crippen molar-refractivity contribution in [3.05, 3.63) is 130 Å². The first-order valence-electron chi connectivity index (χ1n) is 19.2. The van der Waals surface area contributed by atoms with Crippen LogP contribution in [0.15, 0.2) is 84.9 Å². The van der Waals surface area contributed by atoms with E-state index in [1.54, 1.807) is 24.3 Å². The highest BCUT2D eigenvalue weighted by molar-refractivity contribution is 6.17. The molecule has 0 heterocycles. The van der Waals surface area contributed by atoms with Crippen molar-refractivity contribution in [1.82, 2.24) is 0 Å². The summed E-state index contributed by atoms with van der Waals surface area (Å²) in [5.41, 5.74) is 11.8. The maximum absolute atomic E-state index is 15.7. The Morgan fingerprint density at radius 2 is 0.906 bits per heavy atom. The molecule has 0 aromatic heterocycles. The summed E-state index contributed by atoms with van der Waals surface area (Å²) in [6, 6.07) is 22.9. The van der Waals surface area contributed by atoms with Crippen LogP contribution in [0.2, 0.25) is 0 Å². The SMILES string of the molecule is CC1(C)[C@H]2C=C(c3cc(CCl)ccc3-c3cc(COCc4ccc(F)c(-c5ccc(CCl)cc5C5=C[C@H]6CC[C@]5(C)C6(C)C)c4)ccc3F)[C@]1(C)CC2. The molecule has 53 heavy (non-hydrogen) atoms. The second-order valence-electron chi connectivity index (χ2n) is 17.7. The van der Waals surface area contributed by atoms with Crippen LogP contribution in [0.1, 0.15) is 101 Å². The van der Waals surface area contributed by atoms with Gasteiger partial charge in [-0.25, -0.2) is 8.78 Å². The molecule has 2 fully saturated rings. The third-order valence-corrected chi connectivity index (χ3v) is 15.4. The molecule has 4 aromatic carbocycles. The third kappa shape index (κ3) is 5.70. The minimum atomic E-state index is -0.260. The Kier molecular flexibility index (Phi) is 9.15. The fourth-order valence-electron chi connectivity index (χ4n) is 10.5. The highest BCUT2D eigenvalue weighted by atomic mass is 35.5. The molecule has 4 aliphatic rings. The molecule has 4 aliphatic carbocycles. The normalized spacial score (nSPS) is 26.3. The van der Waals surface area contributed by atoms with Gasteiger partial charge in [0.15, 0.2) is 0 Å². The second-order valence-corrected chi connectivity index (χ2v) is 18.2. The monoisotopic (exact) mass is 750 g/mol. The number of hydrogen-bond acceptors (Lipinski definition) is 1. The van der Waals surface area contributed by atoms with Crippen LogP contribution in [0.4, 0.5) is 8.78 Å². The molecule has 0 aliphatic heterocycles. The summed E-state index contributed by atoms with van der Waals surface area (Å²) in [6.07, 6.45) is 9.50. The van der Waals surface area contributed by atoms with Crippen LogP contribution in [-0.2, 0) is 29.7 Å². The molecule has 276 valence electrons. The van der Waals surface area contributed by atoms with Gasteiger partial charge in [0, 0.05) is 22.9 Å². The minimum absolute atomic E-state index is 0.0116. The largest absolute Gasteiger partial charge is 0.372 e. The summed E-state index contributed by atoms with van der Waals surface area (Å²) in [7, 11) is 0. The maximum atomic E-state index is 15.7. The molecule has 0 spiro atoms. The molecular weight excluding hydrogens is 701 g/mol. The van der Waals surface area contributed by atoms with E-state index in [9.17, 15) is 0 Å². The highest BCUT2D eigenvalue weighted by Crippen LogP contribution is 2.69. The molecule has 0 amide bonds. The van der Waals surface area contributed by atoms with Gasteiger partial charge in [-0.1, -0.05) is 90.1 Å². The maximum Gasteiger partial charge on any atom is 0.131 e.